The largest absolute Gasteiger partial charge is 0.450 e. The van der Waals surface area contributed by atoms with Gasteiger partial charge in [-0.05, 0) is 52.7 Å². The summed E-state index contributed by atoms with van der Waals surface area (Å²) in [5.41, 5.74) is -0.277. The van der Waals surface area contributed by atoms with Gasteiger partial charge in [0, 0.05) is 0 Å². The van der Waals surface area contributed by atoms with E-state index in [2.05, 4.69) is 15.9 Å². The molecule has 0 aliphatic heterocycles. The molecule has 20 heavy (non-hydrogen) atoms. The normalized spacial score (nSPS) is 10.4. The maximum absolute atomic E-state index is 13.4. The summed E-state index contributed by atoms with van der Waals surface area (Å²) in [6, 6.07) is 5.83. The molecule has 0 spiro atoms. The van der Waals surface area contributed by atoms with Crippen LogP contribution in [-0.4, -0.2) is 4.92 Å². The lowest BCUT2D eigenvalue weighted by atomic mass is 10.2. The highest BCUT2D eigenvalue weighted by atomic mass is 79.9. The van der Waals surface area contributed by atoms with Crippen LogP contribution in [0.4, 0.5) is 14.5 Å². The number of nitro groups is 1. The summed E-state index contributed by atoms with van der Waals surface area (Å²) in [7, 11) is 0. The third-order valence-electron chi connectivity index (χ3n) is 2.56. The van der Waals surface area contributed by atoms with E-state index in [4.69, 9.17) is 4.74 Å². The predicted octanol–water partition coefficient (Wildman–Crippen LogP) is 4.74. The van der Waals surface area contributed by atoms with E-state index in [0.29, 0.717) is 0 Å². The first kappa shape index (κ1) is 14.4. The van der Waals surface area contributed by atoms with Gasteiger partial charge in [0.15, 0.2) is 0 Å². The molecule has 0 heterocycles. The minimum absolute atomic E-state index is 0.104. The minimum Gasteiger partial charge on any atom is -0.450 e. The van der Waals surface area contributed by atoms with Gasteiger partial charge >= 0.3 is 5.69 Å². The third kappa shape index (κ3) is 2.93. The monoisotopic (exact) mass is 343 g/mol. The van der Waals surface area contributed by atoms with E-state index in [9.17, 15) is 18.9 Å². The van der Waals surface area contributed by atoms with E-state index < -0.39 is 22.2 Å². The molecule has 0 aliphatic carbocycles. The maximum atomic E-state index is 13.4. The fraction of sp³-hybridized carbons (Fsp3) is 0.0769. The van der Waals surface area contributed by atoms with E-state index in [1.165, 1.54) is 25.1 Å². The molecule has 2 aromatic carbocycles. The van der Waals surface area contributed by atoms with Crippen molar-refractivity contribution in [2.75, 3.05) is 0 Å². The van der Waals surface area contributed by atoms with Crippen molar-refractivity contribution in [3.63, 3.8) is 0 Å². The molecule has 2 rings (SSSR count). The number of ether oxygens (including phenoxy) is 1. The third-order valence-corrected chi connectivity index (χ3v) is 3.16. The average molecular weight is 344 g/mol. The predicted molar refractivity (Wildman–Crippen MR) is 72.0 cm³/mol. The number of nitrogens with zero attached hydrogens (tertiary/aromatic N) is 1. The molecule has 0 radical (unpaired) electrons. The topological polar surface area (TPSA) is 52.4 Å². The summed E-state index contributed by atoms with van der Waals surface area (Å²) in [4.78, 5) is 10.1. The Bertz CT molecular complexity index is 692. The van der Waals surface area contributed by atoms with E-state index in [1.807, 2.05) is 0 Å². The summed E-state index contributed by atoms with van der Waals surface area (Å²) >= 11 is 2.98. The van der Waals surface area contributed by atoms with Gasteiger partial charge in [0.05, 0.1) is 15.5 Å². The van der Waals surface area contributed by atoms with Crippen LogP contribution in [-0.2, 0) is 0 Å². The Kier molecular flexibility index (Phi) is 3.99. The quantitative estimate of drug-likeness (QED) is 0.597. The molecule has 0 amide bonds. The Morgan fingerprint density at radius 3 is 2.50 bits per heavy atom. The smallest absolute Gasteiger partial charge is 0.314 e. The van der Waals surface area contributed by atoms with Gasteiger partial charge in [0.25, 0.3) is 0 Å². The summed E-state index contributed by atoms with van der Waals surface area (Å²) in [5, 5.41) is 10.9. The van der Waals surface area contributed by atoms with Crippen LogP contribution in [0.5, 0.6) is 11.5 Å². The maximum Gasteiger partial charge on any atom is 0.314 e. The van der Waals surface area contributed by atoms with Crippen molar-refractivity contribution < 1.29 is 18.4 Å². The van der Waals surface area contributed by atoms with Gasteiger partial charge in [-0.25, -0.2) is 8.78 Å². The first-order valence-electron chi connectivity index (χ1n) is 5.46. The van der Waals surface area contributed by atoms with Crippen LogP contribution in [0.25, 0.3) is 0 Å². The molecule has 0 fully saturated rings. The lowest BCUT2D eigenvalue weighted by molar-refractivity contribution is -0.385. The molecule has 0 aliphatic rings. The molecule has 7 heteroatoms. The Morgan fingerprint density at radius 2 is 1.90 bits per heavy atom. The zero-order chi connectivity index (χ0) is 14.9. The van der Waals surface area contributed by atoms with Gasteiger partial charge in [0.2, 0.25) is 5.75 Å². The summed E-state index contributed by atoms with van der Waals surface area (Å²) in [5.74, 6) is -1.08. The van der Waals surface area contributed by atoms with E-state index in [1.54, 1.807) is 0 Å². The molecule has 0 saturated heterocycles. The van der Waals surface area contributed by atoms with Crippen LogP contribution in [0.2, 0.25) is 0 Å². The van der Waals surface area contributed by atoms with Crippen LogP contribution in [0.1, 0.15) is 5.56 Å². The first-order chi connectivity index (χ1) is 9.38. The standard InChI is InChI=1S/C13H8BrF2NO3/c1-7-4-13(12(17(18)19)6-11(7)16)20-8-2-3-10(15)9(14)5-8/h2-6H,1H3. The molecular formula is C13H8BrF2NO3. The number of hydrogen-bond donors (Lipinski definition) is 0. The molecule has 0 bridgehead atoms. The van der Waals surface area contributed by atoms with Gasteiger partial charge in [-0.2, -0.15) is 0 Å². The van der Waals surface area contributed by atoms with Gasteiger partial charge in [0.1, 0.15) is 17.4 Å². The van der Waals surface area contributed by atoms with Crippen molar-refractivity contribution >= 4 is 21.6 Å². The van der Waals surface area contributed by atoms with Crippen LogP contribution < -0.4 is 4.74 Å². The van der Waals surface area contributed by atoms with E-state index in [-0.39, 0.29) is 21.5 Å². The molecule has 0 saturated carbocycles. The highest BCUT2D eigenvalue weighted by Gasteiger charge is 2.19. The summed E-state index contributed by atoms with van der Waals surface area (Å²) < 4.78 is 32.0. The van der Waals surface area contributed by atoms with E-state index in [0.717, 1.165) is 12.1 Å². The zero-order valence-corrected chi connectivity index (χ0v) is 11.8. The van der Waals surface area contributed by atoms with Crippen LogP contribution >= 0.6 is 15.9 Å². The van der Waals surface area contributed by atoms with Crippen molar-refractivity contribution in [3.05, 3.63) is 62.1 Å². The Labute approximate surface area is 121 Å². The minimum atomic E-state index is -0.740. The number of benzene rings is 2. The van der Waals surface area contributed by atoms with Crippen molar-refractivity contribution in [1.29, 1.82) is 0 Å². The molecule has 104 valence electrons. The van der Waals surface area contributed by atoms with Crippen LogP contribution in [0.3, 0.4) is 0 Å². The SMILES string of the molecule is Cc1cc(Oc2ccc(F)c(Br)c2)c([N+](=O)[O-])cc1F. The number of nitro benzene ring substituents is 1. The van der Waals surface area contributed by atoms with Gasteiger partial charge in [-0.1, -0.05) is 0 Å². The number of hydrogen-bond acceptors (Lipinski definition) is 3. The lowest BCUT2D eigenvalue weighted by Crippen LogP contribution is -1.96. The van der Waals surface area contributed by atoms with Crippen molar-refractivity contribution in [3.8, 4) is 11.5 Å². The van der Waals surface area contributed by atoms with Gasteiger partial charge < -0.3 is 4.74 Å². The van der Waals surface area contributed by atoms with Crippen LogP contribution in [0.15, 0.2) is 34.8 Å². The molecule has 0 unspecified atom stereocenters. The Morgan fingerprint density at radius 1 is 1.20 bits per heavy atom. The second-order valence-electron chi connectivity index (χ2n) is 4.00. The average Bonchev–Trinajstić information content (AvgIpc) is 2.37. The molecule has 0 N–H and O–H groups in total. The number of aryl methyl sites for hydroxylation is 1. The summed E-state index contributed by atoms with van der Waals surface area (Å²) in [6.45, 7) is 1.46. The second kappa shape index (κ2) is 5.54. The second-order valence-corrected chi connectivity index (χ2v) is 4.86. The Hall–Kier alpha value is -2.02. The number of halogens is 3. The highest BCUT2D eigenvalue weighted by molar-refractivity contribution is 9.10. The first-order valence-corrected chi connectivity index (χ1v) is 6.25. The molecule has 0 aromatic heterocycles. The number of rotatable bonds is 3. The van der Waals surface area contributed by atoms with Crippen molar-refractivity contribution in [2.24, 2.45) is 0 Å². The fourth-order valence-electron chi connectivity index (χ4n) is 1.54. The lowest BCUT2D eigenvalue weighted by Gasteiger charge is -2.08. The molecule has 2 aromatic rings. The van der Waals surface area contributed by atoms with Crippen LogP contribution in [0, 0.1) is 28.7 Å². The molecular weight excluding hydrogens is 336 g/mol. The zero-order valence-electron chi connectivity index (χ0n) is 10.2. The van der Waals surface area contributed by atoms with Crippen molar-refractivity contribution in [1.82, 2.24) is 0 Å². The fourth-order valence-corrected chi connectivity index (χ4v) is 1.89. The highest BCUT2D eigenvalue weighted by Crippen LogP contribution is 2.34. The van der Waals surface area contributed by atoms with Gasteiger partial charge in [-0.3, -0.25) is 10.1 Å². The van der Waals surface area contributed by atoms with Crippen molar-refractivity contribution in [2.45, 2.75) is 6.92 Å². The molecule has 4 nitrogen and oxygen atoms in total. The molecule has 0 atom stereocenters. The van der Waals surface area contributed by atoms with Gasteiger partial charge in [-0.15, -0.1) is 0 Å². The Balaban J connectivity index is 2.44. The van der Waals surface area contributed by atoms with E-state index >= 15 is 0 Å². The summed E-state index contributed by atoms with van der Waals surface area (Å²) in [6.07, 6.45) is 0.